The van der Waals surface area contributed by atoms with Crippen molar-refractivity contribution in [2.75, 3.05) is 0 Å². The standard InChI is InChI=1S/C26H36N2O4/c1-17(2)28(18(3)4)19(5)24(22-10-8-7-9-11-22)26(25(31)32,27-20(6)30)23-14-12-21(16-29)13-15-23/h7-15,17-19,24,29H,16H2,1-6H3,(H,27,30)(H,31,32). The zero-order chi connectivity index (χ0) is 24.1. The third kappa shape index (κ3) is 5.19. The van der Waals surface area contributed by atoms with E-state index >= 15 is 0 Å². The average Bonchev–Trinajstić information content (AvgIpc) is 2.73. The number of carboxylic acids is 1. The Bertz CT molecular complexity index is 888. The number of amides is 1. The Kier molecular flexibility index (Phi) is 8.58. The highest BCUT2D eigenvalue weighted by Crippen LogP contribution is 2.42. The van der Waals surface area contributed by atoms with Gasteiger partial charge in [0.25, 0.3) is 0 Å². The van der Waals surface area contributed by atoms with Crippen LogP contribution in [0.25, 0.3) is 0 Å². The molecule has 0 aliphatic carbocycles. The Morgan fingerprint density at radius 3 is 1.88 bits per heavy atom. The van der Waals surface area contributed by atoms with Crippen LogP contribution in [0.4, 0.5) is 0 Å². The van der Waals surface area contributed by atoms with Crippen LogP contribution in [0.5, 0.6) is 0 Å². The fraction of sp³-hybridized carbons (Fsp3) is 0.462. The van der Waals surface area contributed by atoms with E-state index in [1.165, 1.54) is 6.92 Å². The first-order valence-corrected chi connectivity index (χ1v) is 11.1. The first-order valence-electron chi connectivity index (χ1n) is 11.1. The number of hydrogen-bond acceptors (Lipinski definition) is 4. The number of aliphatic hydroxyl groups is 1. The molecule has 0 aliphatic rings. The van der Waals surface area contributed by atoms with Crippen LogP contribution in [0.1, 0.15) is 64.2 Å². The Morgan fingerprint density at radius 2 is 1.47 bits per heavy atom. The van der Waals surface area contributed by atoms with Gasteiger partial charge in [0.15, 0.2) is 5.54 Å². The third-order valence-electron chi connectivity index (χ3n) is 6.07. The molecule has 2 rings (SSSR count). The summed E-state index contributed by atoms with van der Waals surface area (Å²) in [6, 6.07) is 16.4. The number of aliphatic hydroxyl groups excluding tert-OH is 1. The van der Waals surface area contributed by atoms with Gasteiger partial charge in [-0.3, -0.25) is 9.69 Å². The minimum Gasteiger partial charge on any atom is -0.479 e. The lowest BCUT2D eigenvalue weighted by molar-refractivity contribution is -0.150. The molecule has 0 aromatic heterocycles. The summed E-state index contributed by atoms with van der Waals surface area (Å²) >= 11 is 0. The topological polar surface area (TPSA) is 89.9 Å². The van der Waals surface area contributed by atoms with Crippen LogP contribution in [-0.4, -0.2) is 45.1 Å². The van der Waals surface area contributed by atoms with Gasteiger partial charge >= 0.3 is 5.97 Å². The summed E-state index contributed by atoms with van der Waals surface area (Å²) < 4.78 is 0. The predicted octanol–water partition coefficient (Wildman–Crippen LogP) is 3.89. The van der Waals surface area contributed by atoms with Gasteiger partial charge < -0.3 is 15.5 Å². The van der Waals surface area contributed by atoms with Gasteiger partial charge in [0.1, 0.15) is 0 Å². The van der Waals surface area contributed by atoms with Gasteiger partial charge in [-0.25, -0.2) is 4.79 Å². The van der Waals surface area contributed by atoms with E-state index < -0.39 is 23.3 Å². The maximum absolute atomic E-state index is 13.1. The highest BCUT2D eigenvalue weighted by atomic mass is 16.4. The number of nitrogens with zero attached hydrogens (tertiary/aromatic N) is 1. The van der Waals surface area contributed by atoms with Crippen molar-refractivity contribution in [1.82, 2.24) is 10.2 Å². The quantitative estimate of drug-likeness (QED) is 0.522. The molecule has 1 amide bonds. The molecule has 3 unspecified atom stereocenters. The van der Waals surface area contributed by atoms with Gasteiger partial charge in [-0.15, -0.1) is 0 Å². The smallest absolute Gasteiger partial charge is 0.334 e. The molecule has 0 saturated carbocycles. The first-order chi connectivity index (χ1) is 15.1. The first kappa shape index (κ1) is 25.6. The molecule has 32 heavy (non-hydrogen) atoms. The Labute approximate surface area is 191 Å². The van der Waals surface area contributed by atoms with E-state index in [9.17, 15) is 19.8 Å². The number of aliphatic carboxylic acids is 1. The van der Waals surface area contributed by atoms with Crippen LogP contribution in [0.15, 0.2) is 54.6 Å². The third-order valence-corrected chi connectivity index (χ3v) is 6.07. The average molecular weight is 441 g/mol. The van der Waals surface area contributed by atoms with E-state index in [0.29, 0.717) is 11.1 Å². The van der Waals surface area contributed by atoms with Crippen LogP contribution in [0.3, 0.4) is 0 Å². The van der Waals surface area contributed by atoms with Crippen LogP contribution in [0.2, 0.25) is 0 Å². The largest absolute Gasteiger partial charge is 0.479 e. The van der Waals surface area contributed by atoms with Crippen LogP contribution < -0.4 is 5.32 Å². The molecule has 0 fully saturated rings. The number of rotatable bonds is 10. The minimum absolute atomic E-state index is 0.145. The number of hydrogen-bond donors (Lipinski definition) is 3. The molecule has 2 aromatic rings. The van der Waals surface area contributed by atoms with E-state index in [1.54, 1.807) is 24.3 Å². The molecule has 3 atom stereocenters. The molecule has 6 nitrogen and oxygen atoms in total. The second kappa shape index (κ2) is 10.7. The van der Waals surface area contributed by atoms with Crippen molar-refractivity contribution in [3.63, 3.8) is 0 Å². The zero-order valence-corrected chi connectivity index (χ0v) is 19.9. The molecule has 0 radical (unpaired) electrons. The lowest BCUT2D eigenvalue weighted by atomic mass is 9.70. The van der Waals surface area contributed by atoms with Gasteiger partial charge in [-0.05, 0) is 51.3 Å². The van der Waals surface area contributed by atoms with Gasteiger partial charge in [0.2, 0.25) is 5.91 Å². The second-order valence-electron chi connectivity index (χ2n) is 8.91. The van der Waals surface area contributed by atoms with Crippen molar-refractivity contribution in [3.05, 3.63) is 71.3 Å². The van der Waals surface area contributed by atoms with Crippen molar-refractivity contribution in [2.24, 2.45) is 0 Å². The van der Waals surface area contributed by atoms with E-state index in [-0.39, 0.29) is 24.7 Å². The van der Waals surface area contributed by atoms with Crippen molar-refractivity contribution in [1.29, 1.82) is 0 Å². The van der Waals surface area contributed by atoms with Crippen molar-refractivity contribution >= 4 is 11.9 Å². The minimum atomic E-state index is -1.71. The summed E-state index contributed by atoms with van der Waals surface area (Å²) in [5, 5.41) is 23.0. The van der Waals surface area contributed by atoms with Crippen molar-refractivity contribution in [3.8, 4) is 0 Å². The number of benzene rings is 2. The molecule has 0 saturated heterocycles. The van der Waals surface area contributed by atoms with Crippen LogP contribution >= 0.6 is 0 Å². The molecular weight excluding hydrogens is 404 g/mol. The number of nitrogens with one attached hydrogen (secondary N) is 1. The lowest BCUT2D eigenvalue weighted by Gasteiger charge is -2.47. The maximum Gasteiger partial charge on any atom is 0.334 e. The van der Waals surface area contributed by atoms with E-state index in [2.05, 4.69) is 37.9 Å². The van der Waals surface area contributed by atoms with Crippen molar-refractivity contribution < 1.29 is 19.8 Å². The van der Waals surface area contributed by atoms with Gasteiger partial charge in [-0.1, -0.05) is 54.6 Å². The molecule has 6 heteroatoms. The number of carboxylic acid groups (broad SMARTS) is 1. The molecule has 174 valence electrons. The Balaban J connectivity index is 2.87. The monoisotopic (exact) mass is 440 g/mol. The lowest BCUT2D eigenvalue weighted by Crippen LogP contribution is -2.61. The van der Waals surface area contributed by atoms with Gasteiger partial charge in [-0.2, -0.15) is 0 Å². The molecule has 0 aliphatic heterocycles. The number of carbonyl (C=O) groups is 2. The summed E-state index contributed by atoms with van der Waals surface area (Å²) in [6.07, 6.45) is 0. The van der Waals surface area contributed by atoms with Gasteiger partial charge in [0, 0.05) is 31.0 Å². The molecule has 2 aromatic carbocycles. The Hall–Kier alpha value is -2.70. The van der Waals surface area contributed by atoms with E-state index in [0.717, 1.165) is 5.56 Å². The Morgan fingerprint density at radius 1 is 0.938 bits per heavy atom. The summed E-state index contributed by atoms with van der Waals surface area (Å²) in [5.41, 5.74) is 0.258. The van der Waals surface area contributed by atoms with E-state index in [4.69, 9.17) is 0 Å². The highest BCUT2D eigenvalue weighted by Gasteiger charge is 2.52. The SMILES string of the molecule is CC(=O)NC(C(=O)O)(c1ccc(CO)cc1)C(c1ccccc1)C(C)N(C(C)C)C(C)C. The van der Waals surface area contributed by atoms with Crippen LogP contribution in [-0.2, 0) is 21.7 Å². The molecule has 0 heterocycles. The van der Waals surface area contributed by atoms with Crippen LogP contribution in [0, 0.1) is 0 Å². The molecular formula is C26H36N2O4. The summed E-state index contributed by atoms with van der Waals surface area (Å²) in [6.45, 7) is 11.6. The summed E-state index contributed by atoms with van der Waals surface area (Å²) in [5.74, 6) is -2.14. The molecule has 3 N–H and O–H groups in total. The fourth-order valence-electron chi connectivity index (χ4n) is 5.05. The fourth-order valence-corrected chi connectivity index (χ4v) is 5.05. The van der Waals surface area contributed by atoms with Gasteiger partial charge in [0.05, 0.1) is 6.61 Å². The summed E-state index contributed by atoms with van der Waals surface area (Å²) in [7, 11) is 0. The molecule has 0 spiro atoms. The maximum atomic E-state index is 13.1. The second-order valence-corrected chi connectivity index (χ2v) is 8.91. The molecule has 0 bridgehead atoms. The van der Waals surface area contributed by atoms with Crippen molar-refractivity contribution in [2.45, 2.75) is 77.7 Å². The van der Waals surface area contributed by atoms with E-state index in [1.807, 2.05) is 37.3 Å². The zero-order valence-electron chi connectivity index (χ0n) is 19.9. The number of carbonyl (C=O) groups excluding carboxylic acids is 1. The predicted molar refractivity (Wildman–Crippen MR) is 126 cm³/mol. The highest BCUT2D eigenvalue weighted by molar-refractivity contribution is 5.88. The summed E-state index contributed by atoms with van der Waals surface area (Å²) in [4.78, 5) is 27.8. The normalized spacial score (nSPS) is 15.4.